The second kappa shape index (κ2) is 8.87. The number of nitrogens with two attached hydrogens (primary N) is 1. The molecule has 170 valence electrons. The average Bonchev–Trinajstić information content (AvgIpc) is 2.99. The topological polar surface area (TPSA) is 79.1 Å². The lowest BCUT2D eigenvalue weighted by Crippen LogP contribution is -2.30. The standard InChI is InChI=1S/C22H24F4N6/c1-13-18-6-5-17(32-8-7-28-11-16(23)12-32)10-19(18)21(31-30-13)29-20(27)14-3-2-4-15(9-14)22(24,25)26/h2-6,9-10,16,20,28H,7-8,11-12,27H2,1H3,(H,29,31)/t16-,20-/m0/s1. The van der Waals surface area contributed by atoms with Crippen LogP contribution in [0.2, 0.25) is 0 Å². The molecule has 2 aromatic carbocycles. The zero-order valence-electron chi connectivity index (χ0n) is 17.5. The summed E-state index contributed by atoms with van der Waals surface area (Å²) in [6.45, 7) is 3.71. The lowest BCUT2D eigenvalue weighted by Gasteiger charge is -2.24. The van der Waals surface area contributed by atoms with Crippen LogP contribution in [0.5, 0.6) is 0 Å². The van der Waals surface area contributed by atoms with E-state index in [0.717, 1.165) is 23.2 Å². The van der Waals surface area contributed by atoms with Crippen molar-refractivity contribution in [3.05, 3.63) is 59.3 Å². The molecule has 0 radical (unpaired) electrons. The molecule has 1 aromatic heterocycles. The van der Waals surface area contributed by atoms with Gasteiger partial charge in [-0.15, -0.1) is 5.10 Å². The Morgan fingerprint density at radius 3 is 2.75 bits per heavy atom. The molecule has 2 heterocycles. The fourth-order valence-corrected chi connectivity index (χ4v) is 3.82. The highest BCUT2D eigenvalue weighted by atomic mass is 19.4. The van der Waals surface area contributed by atoms with Crippen LogP contribution in [0.4, 0.5) is 29.1 Å². The minimum absolute atomic E-state index is 0.266. The maximum absolute atomic E-state index is 14.1. The molecule has 4 N–H and O–H groups in total. The lowest BCUT2D eigenvalue weighted by atomic mass is 10.1. The first kappa shape index (κ1) is 22.2. The number of benzene rings is 2. The number of fused-ring (bicyclic) bond motifs is 1. The summed E-state index contributed by atoms with van der Waals surface area (Å²) in [5.74, 6) is 0.349. The lowest BCUT2D eigenvalue weighted by molar-refractivity contribution is -0.137. The molecule has 3 aromatic rings. The van der Waals surface area contributed by atoms with Crippen molar-refractivity contribution in [3.8, 4) is 0 Å². The number of alkyl halides is 4. The second-order valence-corrected chi connectivity index (χ2v) is 7.86. The summed E-state index contributed by atoms with van der Waals surface area (Å²) in [7, 11) is 0. The molecule has 1 fully saturated rings. The monoisotopic (exact) mass is 448 g/mol. The van der Waals surface area contributed by atoms with Gasteiger partial charge in [-0.1, -0.05) is 18.2 Å². The summed E-state index contributed by atoms with van der Waals surface area (Å²) in [6, 6.07) is 10.5. The van der Waals surface area contributed by atoms with Gasteiger partial charge in [0.05, 0.1) is 17.8 Å². The molecule has 0 unspecified atom stereocenters. The minimum Gasteiger partial charge on any atom is -0.367 e. The number of halogens is 4. The van der Waals surface area contributed by atoms with E-state index in [1.165, 1.54) is 12.1 Å². The van der Waals surface area contributed by atoms with Gasteiger partial charge in [0.1, 0.15) is 12.3 Å². The van der Waals surface area contributed by atoms with Crippen molar-refractivity contribution in [1.82, 2.24) is 15.5 Å². The molecule has 1 aliphatic rings. The van der Waals surface area contributed by atoms with E-state index in [-0.39, 0.29) is 12.1 Å². The van der Waals surface area contributed by atoms with E-state index in [9.17, 15) is 17.6 Å². The SMILES string of the molecule is Cc1nnc(N[C@H](N)c2cccc(C(F)(F)F)c2)c2cc(N3CCNC[C@H](F)C3)ccc12. The first-order valence-corrected chi connectivity index (χ1v) is 10.3. The predicted molar refractivity (Wildman–Crippen MR) is 116 cm³/mol. The molecular formula is C22H24F4N6. The van der Waals surface area contributed by atoms with E-state index in [1.807, 2.05) is 30.0 Å². The van der Waals surface area contributed by atoms with Crippen LogP contribution < -0.4 is 21.3 Å². The quantitative estimate of drug-likeness (QED) is 0.417. The van der Waals surface area contributed by atoms with Crippen molar-refractivity contribution in [2.24, 2.45) is 5.73 Å². The number of anilines is 2. The molecule has 6 nitrogen and oxygen atoms in total. The van der Waals surface area contributed by atoms with Crippen molar-refractivity contribution >= 4 is 22.3 Å². The molecule has 1 saturated heterocycles. The van der Waals surface area contributed by atoms with Crippen LogP contribution in [0, 0.1) is 6.92 Å². The van der Waals surface area contributed by atoms with Crippen LogP contribution in [-0.4, -0.2) is 42.5 Å². The van der Waals surface area contributed by atoms with Crippen LogP contribution in [0.25, 0.3) is 10.8 Å². The first-order chi connectivity index (χ1) is 15.2. The molecule has 0 amide bonds. The molecule has 0 spiro atoms. The molecule has 0 aliphatic carbocycles. The Morgan fingerprint density at radius 1 is 1.16 bits per heavy atom. The molecule has 2 atom stereocenters. The highest BCUT2D eigenvalue weighted by Gasteiger charge is 2.30. The maximum Gasteiger partial charge on any atom is 0.416 e. The number of nitrogens with one attached hydrogen (secondary N) is 2. The largest absolute Gasteiger partial charge is 0.416 e. The first-order valence-electron chi connectivity index (χ1n) is 10.3. The average molecular weight is 448 g/mol. The van der Waals surface area contributed by atoms with Crippen molar-refractivity contribution in [1.29, 1.82) is 0 Å². The Labute approximate surface area is 182 Å². The number of aryl methyl sites for hydroxylation is 1. The van der Waals surface area contributed by atoms with Crippen LogP contribution in [0.1, 0.15) is 23.0 Å². The summed E-state index contributed by atoms with van der Waals surface area (Å²) < 4.78 is 53.3. The highest BCUT2D eigenvalue weighted by molar-refractivity contribution is 5.95. The number of hydrogen-bond acceptors (Lipinski definition) is 6. The molecular weight excluding hydrogens is 424 g/mol. The van der Waals surface area contributed by atoms with Crippen molar-refractivity contribution < 1.29 is 17.6 Å². The Bertz CT molecular complexity index is 1100. The van der Waals surface area contributed by atoms with Crippen LogP contribution in [-0.2, 0) is 6.18 Å². The van der Waals surface area contributed by atoms with Gasteiger partial charge in [-0.25, -0.2) is 4.39 Å². The fourth-order valence-electron chi connectivity index (χ4n) is 3.82. The van der Waals surface area contributed by atoms with E-state index in [2.05, 4.69) is 20.8 Å². The van der Waals surface area contributed by atoms with Gasteiger partial charge in [0.2, 0.25) is 0 Å². The van der Waals surface area contributed by atoms with Crippen molar-refractivity contribution in [3.63, 3.8) is 0 Å². The third-order valence-electron chi connectivity index (χ3n) is 5.52. The smallest absolute Gasteiger partial charge is 0.367 e. The van der Waals surface area contributed by atoms with Gasteiger partial charge in [-0.2, -0.15) is 18.3 Å². The van der Waals surface area contributed by atoms with Gasteiger partial charge >= 0.3 is 6.18 Å². The third kappa shape index (κ3) is 4.76. The van der Waals surface area contributed by atoms with Gasteiger partial charge in [0.15, 0.2) is 5.82 Å². The predicted octanol–water partition coefficient (Wildman–Crippen LogP) is 3.77. The van der Waals surface area contributed by atoms with Crippen LogP contribution in [0.3, 0.4) is 0 Å². The number of nitrogens with zero attached hydrogens (tertiary/aromatic N) is 3. The maximum atomic E-state index is 14.1. The van der Waals surface area contributed by atoms with Gasteiger partial charge in [-0.05, 0) is 36.8 Å². The van der Waals surface area contributed by atoms with Crippen molar-refractivity contribution in [2.45, 2.75) is 25.4 Å². The van der Waals surface area contributed by atoms with Crippen LogP contribution >= 0.6 is 0 Å². The summed E-state index contributed by atoms with van der Waals surface area (Å²) in [5, 5.41) is 15.9. The molecule has 32 heavy (non-hydrogen) atoms. The molecule has 0 bridgehead atoms. The normalized spacial score (nSPS) is 18.4. The van der Waals surface area contributed by atoms with Gasteiger partial charge in [0, 0.05) is 36.1 Å². The van der Waals surface area contributed by atoms with Gasteiger partial charge in [0.25, 0.3) is 0 Å². The third-order valence-corrected chi connectivity index (χ3v) is 5.52. The number of rotatable bonds is 4. The van der Waals surface area contributed by atoms with E-state index in [1.54, 1.807) is 0 Å². The van der Waals surface area contributed by atoms with Crippen LogP contribution in [0.15, 0.2) is 42.5 Å². The molecule has 1 aliphatic heterocycles. The van der Waals surface area contributed by atoms with E-state index in [4.69, 9.17) is 5.73 Å². The second-order valence-electron chi connectivity index (χ2n) is 7.86. The summed E-state index contributed by atoms with van der Waals surface area (Å²) >= 11 is 0. The molecule has 4 rings (SSSR count). The Morgan fingerprint density at radius 2 is 1.97 bits per heavy atom. The Kier molecular flexibility index (Phi) is 6.16. The Balaban J connectivity index is 1.67. The zero-order valence-corrected chi connectivity index (χ0v) is 17.5. The molecule has 0 saturated carbocycles. The molecule has 10 heteroatoms. The van der Waals surface area contributed by atoms with E-state index < -0.39 is 24.1 Å². The van der Waals surface area contributed by atoms with E-state index in [0.29, 0.717) is 36.5 Å². The van der Waals surface area contributed by atoms with Crippen molar-refractivity contribution in [2.75, 3.05) is 36.4 Å². The summed E-state index contributed by atoms with van der Waals surface area (Å²) in [4.78, 5) is 1.95. The van der Waals surface area contributed by atoms with Gasteiger partial charge < -0.3 is 21.3 Å². The van der Waals surface area contributed by atoms with E-state index >= 15 is 0 Å². The number of hydrogen-bond donors (Lipinski definition) is 3. The van der Waals surface area contributed by atoms with Gasteiger partial charge in [-0.3, -0.25) is 0 Å². The highest BCUT2D eigenvalue weighted by Crippen LogP contribution is 2.32. The number of aromatic nitrogens is 2. The Hall–Kier alpha value is -2.98. The fraction of sp³-hybridized carbons (Fsp3) is 0.364. The minimum atomic E-state index is -4.46. The zero-order chi connectivity index (χ0) is 22.9. The summed E-state index contributed by atoms with van der Waals surface area (Å²) in [6.07, 6.45) is -6.38. The summed E-state index contributed by atoms with van der Waals surface area (Å²) in [5.41, 5.74) is 7.19.